The molecule has 0 amide bonds. The molecule has 8 heteroatoms. The van der Waals surface area contributed by atoms with E-state index >= 15 is 0 Å². The largest absolute Gasteiger partial charge is 0.465 e. The quantitative estimate of drug-likeness (QED) is 0.542. The van der Waals surface area contributed by atoms with Crippen molar-refractivity contribution in [2.45, 2.75) is 58.8 Å². The molecule has 2 heterocycles. The fraction of sp³-hybridized carbons (Fsp3) is 0.538. The van der Waals surface area contributed by atoms with Crippen molar-refractivity contribution in [1.29, 1.82) is 0 Å². The van der Waals surface area contributed by atoms with Gasteiger partial charge in [0.2, 0.25) is 0 Å². The second-order valence-corrected chi connectivity index (χ2v) is 9.49. The minimum atomic E-state index is -0.639. The lowest BCUT2D eigenvalue weighted by atomic mass is 10.1. The van der Waals surface area contributed by atoms with Gasteiger partial charge in [-0.2, -0.15) is 0 Å². The fourth-order valence-corrected chi connectivity index (χ4v) is 4.20. The van der Waals surface area contributed by atoms with Crippen LogP contribution in [-0.4, -0.2) is 66.9 Å². The number of nitrogens with zero attached hydrogens (tertiary/aromatic N) is 1. The molecule has 0 bridgehead atoms. The van der Waals surface area contributed by atoms with Crippen LogP contribution in [0.1, 0.15) is 65.4 Å². The molecule has 2 aromatic rings. The molecule has 0 radical (unpaired) electrons. The summed E-state index contributed by atoms with van der Waals surface area (Å²) in [4.78, 5) is 31.0. The van der Waals surface area contributed by atoms with E-state index in [4.69, 9.17) is 14.2 Å². The molecule has 0 saturated carbocycles. The third kappa shape index (κ3) is 6.68. The molecule has 34 heavy (non-hydrogen) atoms. The number of benzene rings is 1. The molecule has 1 aromatic carbocycles. The first-order valence-electron chi connectivity index (χ1n) is 11.8. The molecule has 1 fully saturated rings. The second kappa shape index (κ2) is 11.6. The molecule has 186 valence electrons. The summed E-state index contributed by atoms with van der Waals surface area (Å²) in [6.07, 6.45) is 0.497. The number of aromatic amines is 1. The van der Waals surface area contributed by atoms with Crippen molar-refractivity contribution in [1.82, 2.24) is 15.2 Å². The number of nitrogens with one attached hydrogen (secondary N) is 2. The zero-order valence-electron chi connectivity index (χ0n) is 20.9. The van der Waals surface area contributed by atoms with Gasteiger partial charge in [-0.15, -0.1) is 0 Å². The summed E-state index contributed by atoms with van der Waals surface area (Å²) in [7, 11) is 1.35. The van der Waals surface area contributed by atoms with Crippen LogP contribution < -0.4 is 5.32 Å². The number of ether oxygens (including phenoxy) is 3. The van der Waals surface area contributed by atoms with E-state index in [0.29, 0.717) is 55.2 Å². The molecule has 8 nitrogen and oxygen atoms in total. The lowest BCUT2D eigenvalue weighted by molar-refractivity contribution is -0.0110. The van der Waals surface area contributed by atoms with Crippen LogP contribution in [0.3, 0.4) is 0 Å². The molecule has 1 saturated heterocycles. The van der Waals surface area contributed by atoms with Crippen LogP contribution >= 0.6 is 0 Å². The van der Waals surface area contributed by atoms with Gasteiger partial charge < -0.3 is 24.5 Å². The highest BCUT2D eigenvalue weighted by Crippen LogP contribution is 2.24. The maximum atomic E-state index is 12.8. The van der Waals surface area contributed by atoms with Crippen molar-refractivity contribution in [3.63, 3.8) is 0 Å². The number of methoxy groups -OCH3 is 1. The van der Waals surface area contributed by atoms with Gasteiger partial charge in [-0.25, -0.2) is 9.59 Å². The van der Waals surface area contributed by atoms with E-state index in [1.807, 2.05) is 33.8 Å². The Morgan fingerprint density at radius 1 is 1.21 bits per heavy atom. The molecule has 0 aliphatic carbocycles. The van der Waals surface area contributed by atoms with Crippen molar-refractivity contribution >= 4 is 11.9 Å². The highest BCUT2D eigenvalue weighted by atomic mass is 16.6. The maximum Gasteiger partial charge on any atom is 0.355 e. The Kier molecular flexibility index (Phi) is 8.88. The zero-order valence-corrected chi connectivity index (χ0v) is 20.9. The first-order chi connectivity index (χ1) is 16.2. The molecule has 1 aromatic heterocycles. The smallest absolute Gasteiger partial charge is 0.355 e. The summed E-state index contributed by atoms with van der Waals surface area (Å²) in [5.41, 5.74) is 2.57. The zero-order chi connectivity index (χ0) is 24.7. The van der Waals surface area contributed by atoms with E-state index < -0.39 is 17.5 Å². The van der Waals surface area contributed by atoms with Crippen molar-refractivity contribution in [3.05, 3.63) is 58.4 Å². The molecular formula is C26H37N3O5. The summed E-state index contributed by atoms with van der Waals surface area (Å²) in [6, 6.07) is 10.6. The van der Waals surface area contributed by atoms with Crippen LogP contribution in [0.25, 0.3) is 0 Å². The molecule has 1 aliphatic heterocycles. The number of morpholine rings is 1. The standard InChI is InChI=1S/C26H37N3O5/c1-6-20-22(24(30)32-5)21(28-23(20)25(31)34-26(2,3)4)15-27-14-19-17-33-13-12-29(19)16-18-10-8-7-9-11-18/h7-11,19,27-28H,6,12-17H2,1-5H3. The maximum absolute atomic E-state index is 12.8. The number of H-pyrrole nitrogens is 1. The van der Waals surface area contributed by atoms with Crippen LogP contribution in [-0.2, 0) is 33.7 Å². The highest BCUT2D eigenvalue weighted by Gasteiger charge is 2.29. The minimum Gasteiger partial charge on any atom is -0.465 e. The SMILES string of the molecule is CCc1c(C(=O)OC(C)(C)C)[nH]c(CNCC2COCCN2Cc2ccccc2)c1C(=O)OC. The van der Waals surface area contributed by atoms with E-state index in [1.165, 1.54) is 12.7 Å². The third-order valence-electron chi connectivity index (χ3n) is 5.79. The summed E-state index contributed by atoms with van der Waals surface area (Å²) in [5.74, 6) is -0.943. The van der Waals surface area contributed by atoms with Crippen LogP contribution in [0.5, 0.6) is 0 Å². The molecule has 3 rings (SSSR count). The monoisotopic (exact) mass is 471 g/mol. The van der Waals surface area contributed by atoms with Crippen molar-refractivity contribution < 1.29 is 23.8 Å². The number of carbonyl (C=O) groups is 2. The van der Waals surface area contributed by atoms with Crippen LogP contribution in [0, 0.1) is 0 Å². The van der Waals surface area contributed by atoms with Gasteiger partial charge >= 0.3 is 11.9 Å². The Bertz CT molecular complexity index is 965. The van der Waals surface area contributed by atoms with Crippen LogP contribution in [0.4, 0.5) is 0 Å². The molecule has 1 aliphatic rings. The van der Waals surface area contributed by atoms with Crippen molar-refractivity contribution in [2.75, 3.05) is 33.4 Å². The summed E-state index contributed by atoms with van der Waals surface area (Å²) >= 11 is 0. The Morgan fingerprint density at radius 3 is 2.59 bits per heavy atom. The molecular weight excluding hydrogens is 434 g/mol. The van der Waals surface area contributed by atoms with Crippen LogP contribution in [0.15, 0.2) is 30.3 Å². The second-order valence-electron chi connectivity index (χ2n) is 9.49. The average molecular weight is 472 g/mol. The summed E-state index contributed by atoms with van der Waals surface area (Å²) < 4.78 is 16.3. The van der Waals surface area contributed by atoms with E-state index in [1.54, 1.807) is 0 Å². The Balaban J connectivity index is 1.73. The van der Waals surface area contributed by atoms with Crippen molar-refractivity contribution in [3.8, 4) is 0 Å². The first kappa shape index (κ1) is 25.9. The number of esters is 2. The van der Waals surface area contributed by atoms with Gasteiger partial charge in [-0.3, -0.25) is 4.90 Å². The summed E-state index contributed by atoms with van der Waals surface area (Å²) in [5, 5.41) is 3.45. The van der Waals surface area contributed by atoms with Crippen LogP contribution in [0.2, 0.25) is 0 Å². The van der Waals surface area contributed by atoms with Gasteiger partial charge in [0.15, 0.2) is 0 Å². The minimum absolute atomic E-state index is 0.196. The number of aromatic nitrogens is 1. The highest BCUT2D eigenvalue weighted by molar-refractivity contribution is 5.98. The van der Waals surface area contributed by atoms with Gasteiger partial charge in [-0.05, 0) is 38.3 Å². The predicted octanol–water partition coefficient (Wildman–Crippen LogP) is 3.31. The lowest BCUT2D eigenvalue weighted by Crippen LogP contribution is -2.49. The Hall–Kier alpha value is -2.68. The Labute approximate surface area is 202 Å². The lowest BCUT2D eigenvalue weighted by Gasteiger charge is -2.35. The van der Waals surface area contributed by atoms with E-state index in [9.17, 15) is 9.59 Å². The van der Waals surface area contributed by atoms with Gasteiger partial charge in [0, 0.05) is 37.9 Å². The van der Waals surface area contributed by atoms with Gasteiger partial charge in [-0.1, -0.05) is 37.3 Å². The average Bonchev–Trinajstić information content (AvgIpc) is 3.18. The van der Waals surface area contributed by atoms with Gasteiger partial charge in [0.25, 0.3) is 0 Å². The van der Waals surface area contributed by atoms with Gasteiger partial charge in [0.1, 0.15) is 11.3 Å². The fourth-order valence-electron chi connectivity index (χ4n) is 4.20. The number of rotatable bonds is 9. The van der Waals surface area contributed by atoms with Crippen molar-refractivity contribution in [2.24, 2.45) is 0 Å². The van der Waals surface area contributed by atoms with E-state index in [2.05, 4.69) is 39.5 Å². The molecule has 2 N–H and O–H groups in total. The predicted molar refractivity (Wildman–Crippen MR) is 130 cm³/mol. The number of carbonyl (C=O) groups excluding carboxylic acids is 2. The molecule has 0 spiro atoms. The van der Waals surface area contributed by atoms with E-state index in [0.717, 1.165) is 13.1 Å². The first-order valence-corrected chi connectivity index (χ1v) is 11.8. The number of hydrogen-bond acceptors (Lipinski definition) is 7. The third-order valence-corrected chi connectivity index (χ3v) is 5.79. The molecule has 1 unspecified atom stereocenters. The number of hydrogen-bond donors (Lipinski definition) is 2. The normalized spacial score (nSPS) is 16.9. The Morgan fingerprint density at radius 2 is 1.94 bits per heavy atom. The topological polar surface area (TPSA) is 92.9 Å². The summed E-state index contributed by atoms with van der Waals surface area (Å²) in [6.45, 7) is 11.5. The van der Waals surface area contributed by atoms with E-state index in [-0.39, 0.29) is 6.04 Å². The molecule has 1 atom stereocenters. The van der Waals surface area contributed by atoms with Gasteiger partial charge in [0.05, 0.1) is 25.9 Å².